The van der Waals surface area contributed by atoms with Crippen LogP contribution >= 0.6 is 0 Å². The van der Waals surface area contributed by atoms with Gasteiger partial charge in [-0.3, -0.25) is 0 Å². The Labute approximate surface area is 471 Å². The molecule has 4 heteroatoms. The Kier molecular flexibility index (Phi) is 10.9. The highest BCUT2D eigenvalue weighted by atomic mass is 16.3. The van der Waals surface area contributed by atoms with Crippen molar-refractivity contribution >= 4 is 79.2 Å². The van der Waals surface area contributed by atoms with Gasteiger partial charge in [-0.15, -0.1) is 0 Å². The molecule has 1 saturated carbocycles. The van der Waals surface area contributed by atoms with Gasteiger partial charge < -0.3 is 14.2 Å². The highest BCUT2D eigenvalue weighted by molar-refractivity contribution is 7.00. The summed E-state index contributed by atoms with van der Waals surface area (Å²) in [4.78, 5) is 5.32. The minimum absolute atomic E-state index is 0.0155. The summed E-state index contributed by atoms with van der Waals surface area (Å²) in [5.41, 5.74) is 27.7. The quantitative estimate of drug-likeness (QED) is 0.160. The first-order valence-corrected chi connectivity index (χ1v) is 29.9. The van der Waals surface area contributed by atoms with Crippen molar-refractivity contribution in [1.29, 1.82) is 0 Å². The Morgan fingerprint density at radius 2 is 1.15 bits per heavy atom. The van der Waals surface area contributed by atoms with E-state index >= 15 is 0 Å². The maximum absolute atomic E-state index is 7.09. The standard InChI is InChI=1S/C75H79BN2O/c1-46-38-65-68-66(39-46)78(62-26-21-25-52-51-24-17-18-27-67(51)79-69(52)62)63-41-47(40-55-53-31-29-50(71(5,6)7)43-56(53)75(13)35-20-19-34-74(55,75)12)28-32-59(63)76(68)60-44-57-58(73(10,11)37-36-72(57,8)9)45-64(60)77(65)61-33-30-49(70(2,3)4)42-54(61)48-22-15-14-16-23-48/h14-18,21-33,38-39,41-45,55H,19-20,34-37,40H2,1-13H3. The molecule has 14 rings (SSSR count). The monoisotopic (exact) mass is 1030 g/mol. The summed E-state index contributed by atoms with van der Waals surface area (Å²) in [7, 11) is 0. The average molecular weight is 1040 g/mol. The summed E-state index contributed by atoms with van der Waals surface area (Å²) in [6.07, 6.45) is 8.41. The van der Waals surface area contributed by atoms with Gasteiger partial charge in [-0.1, -0.05) is 199 Å². The number of hydrogen-bond acceptors (Lipinski definition) is 3. The first-order valence-electron chi connectivity index (χ1n) is 29.9. The molecule has 3 atom stereocenters. The van der Waals surface area contributed by atoms with Crippen molar-refractivity contribution in [2.24, 2.45) is 5.41 Å². The van der Waals surface area contributed by atoms with E-state index in [9.17, 15) is 0 Å². The van der Waals surface area contributed by atoms with E-state index in [1.54, 1.807) is 11.1 Å². The molecule has 3 aliphatic carbocycles. The summed E-state index contributed by atoms with van der Waals surface area (Å²) < 4.78 is 7.09. The molecular weight excluding hydrogens is 956 g/mol. The van der Waals surface area contributed by atoms with Crippen LogP contribution in [0.3, 0.4) is 0 Å². The van der Waals surface area contributed by atoms with Gasteiger partial charge in [0.1, 0.15) is 5.58 Å². The zero-order valence-corrected chi connectivity index (χ0v) is 49.3. The van der Waals surface area contributed by atoms with Crippen LogP contribution in [0.5, 0.6) is 0 Å². The van der Waals surface area contributed by atoms with Crippen LogP contribution in [-0.2, 0) is 33.5 Å². The predicted octanol–water partition coefficient (Wildman–Crippen LogP) is 18.8. The molecule has 1 fully saturated rings. The average Bonchev–Trinajstić information content (AvgIpc) is 2.79. The summed E-state index contributed by atoms with van der Waals surface area (Å²) in [6.45, 7) is 31.7. The molecule has 0 bridgehead atoms. The molecule has 398 valence electrons. The SMILES string of the molecule is Cc1cc2c3c(c1)N(c1cccc4c1oc1ccccc14)c1cc(CC4c5ccc(C(C)(C)C)cc5C5(C)CCCCC45C)ccc1B3c1cc3c(cc1N2c1ccc(C(C)(C)C)cc1-c1ccccc1)C(C)(C)CCC3(C)C. The molecule has 0 spiro atoms. The van der Waals surface area contributed by atoms with Gasteiger partial charge in [0.15, 0.2) is 5.58 Å². The van der Waals surface area contributed by atoms with Gasteiger partial charge in [0.2, 0.25) is 0 Å². The lowest BCUT2D eigenvalue weighted by Crippen LogP contribution is -2.62. The fraction of sp³-hybridized carbons (Fsp3) is 0.360. The molecule has 3 unspecified atom stereocenters. The van der Waals surface area contributed by atoms with Crippen LogP contribution in [0.25, 0.3) is 33.1 Å². The Morgan fingerprint density at radius 1 is 0.519 bits per heavy atom. The Balaban J connectivity index is 1.05. The molecule has 9 aromatic rings. The fourth-order valence-electron chi connectivity index (χ4n) is 16.1. The molecule has 0 radical (unpaired) electrons. The molecule has 0 N–H and O–H groups in total. The number of anilines is 6. The second-order valence-corrected chi connectivity index (χ2v) is 28.8. The van der Waals surface area contributed by atoms with E-state index in [0.717, 1.165) is 46.9 Å². The van der Waals surface area contributed by atoms with Gasteiger partial charge in [0, 0.05) is 39.1 Å². The molecular formula is C75H79BN2O. The molecule has 1 aromatic heterocycles. The van der Waals surface area contributed by atoms with Crippen molar-refractivity contribution < 1.29 is 4.42 Å². The Bertz CT molecular complexity index is 3990. The molecule has 0 saturated heterocycles. The fourth-order valence-corrected chi connectivity index (χ4v) is 16.1. The van der Waals surface area contributed by atoms with Gasteiger partial charge in [0.05, 0.1) is 11.4 Å². The van der Waals surface area contributed by atoms with Crippen LogP contribution in [0.2, 0.25) is 0 Å². The van der Waals surface area contributed by atoms with Crippen molar-refractivity contribution in [2.75, 3.05) is 9.80 Å². The molecule has 5 aliphatic rings. The number of aryl methyl sites for hydroxylation is 1. The van der Waals surface area contributed by atoms with Crippen LogP contribution in [0.4, 0.5) is 34.1 Å². The van der Waals surface area contributed by atoms with Crippen LogP contribution in [0, 0.1) is 12.3 Å². The van der Waals surface area contributed by atoms with E-state index in [0.29, 0.717) is 5.92 Å². The number of rotatable bonds is 5. The van der Waals surface area contributed by atoms with Gasteiger partial charge >= 0.3 is 0 Å². The number of fused-ring (bicyclic) bond motifs is 11. The number of hydrogen-bond donors (Lipinski definition) is 0. The van der Waals surface area contributed by atoms with E-state index < -0.39 is 0 Å². The predicted molar refractivity (Wildman–Crippen MR) is 337 cm³/mol. The highest BCUT2D eigenvalue weighted by Crippen LogP contribution is 2.66. The van der Waals surface area contributed by atoms with E-state index in [1.165, 1.54) is 115 Å². The maximum atomic E-state index is 7.09. The van der Waals surface area contributed by atoms with Crippen LogP contribution in [0.1, 0.15) is 172 Å². The number of benzene rings is 8. The van der Waals surface area contributed by atoms with Crippen molar-refractivity contribution in [1.82, 2.24) is 0 Å². The molecule has 0 amide bonds. The van der Waals surface area contributed by atoms with E-state index in [4.69, 9.17) is 4.42 Å². The largest absolute Gasteiger partial charge is 0.454 e. The topological polar surface area (TPSA) is 19.6 Å². The van der Waals surface area contributed by atoms with Crippen LogP contribution in [-0.4, -0.2) is 6.71 Å². The maximum Gasteiger partial charge on any atom is 0.252 e. The zero-order chi connectivity index (χ0) is 54.9. The summed E-state index contributed by atoms with van der Waals surface area (Å²) in [5, 5.41) is 2.29. The normalized spacial score (nSPS) is 21.6. The van der Waals surface area contributed by atoms with Crippen LogP contribution < -0.4 is 26.2 Å². The lowest BCUT2D eigenvalue weighted by atomic mass is 9.33. The third-order valence-corrected chi connectivity index (χ3v) is 21.0. The molecule has 3 heterocycles. The number of furan rings is 1. The second kappa shape index (κ2) is 17.1. The first-order chi connectivity index (χ1) is 37.6. The summed E-state index contributed by atoms with van der Waals surface area (Å²) >= 11 is 0. The smallest absolute Gasteiger partial charge is 0.252 e. The molecule has 79 heavy (non-hydrogen) atoms. The van der Waals surface area contributed by atoms with Crippen molar-refractivity contribution in [3.05, 3.63) is 196 Å². The highest BCUT2D eigenvalue weighted by Gasteiger charge is 2.58. The summed E-state index contributed by atoms with van der Waals surface area (Å²) in [5.74, 6) is 0.404. The van der Waals surface area contributed by atoms with E-state index in [2.05, 4.69) is 251 Å². The van der Waals surface area contributed by atoms with Gasteiger partial charge in [-0.2, -0.15) is 0 Å². The minimum atomic E-state index is -0.0321. The Hall–Kier alpha value is -6.78. The summed E-state index contributed by atoms with van der Waals surface area (Å²) in [6, 6.07) is 59.6. The van der Waals surface area contributed by atoms with Gasteiger partial charge in [0.25, 0.3) is 6.71 Å². The molecule has 2 aliphatic heterocycles. The molecule has 8 aromatic carbocycles. The Morgan fingerprint density at radius 3 is 1.89 bits per heavy atom. The van der Waals surface area contributed by atoms with Crippen molar-refractivity contribution in [2.45, 2.75) is 168 Å². The third kappa shape index (κ3) is 7.44. The van der Waals surface area contributed by atoms with Gasteiger partial charge in [-0.05, 0) is 192 Å². The van der Waals surface area contributed by atoms with Gasteiger partial charge in [-0.25, -0.2) is 0 Å². The lowest BCUT2D eigenvalue weighted by Gasteiger charge is -2.49. The van der Waals surface area contributed by atoms with Crippen LogP contribution in [0.15, 0.2) is 156 Å². The second-order valence-electron chi connectivity index (χ2n) is 28.8. The third-order valence-electron chi connectivity index (χ3n) is 21.0. The zero-order valence-electron chi connectivity index (χ0n) is 49.3. The lowest BCUT2D eigenvalue weighted by molar-refractivity contribution is 0.0794. The molecule has 3 nitrogen and oxygen atoms in total. The van der Waals surface area contributed by atoms with E-state index in [-0.39, 0.29) is 39.2 Å². The number of para-hydroxylation sites is 2. The number of nitrogens with zero attached hydrogens (tertiary/aromatic N) is 2. The first kappa shape index (κ1) is 50.4. The van der Waals surface area contributed by atoms with Crippen molar-refractivity contribution in [3.63, 3.8) is 0 Å². The van der Waals surface area contributed by atoms with Crippen molar-refractivity contribution in [3.8, 4) is 11.1 Å². The van der Waals surface area contributed by atoms with E-state index in [1.807, 2.05) is 0 Å². The minimum Gasteiger partial charge on any atom is -0.454 e.